The third kappa shape index (κ3) is 10.5. The number of carboxylic acids is 1. The summed E-state index contributed by atoms with van der Waals surface area (Å²) in [5.41, 5.74) is 13.1. The number of ether oxygens (including phenoxy) is 1. The summed E-state index contributed by atoms with van der Waals surface area (Å²) >= 11 is 0. The van der Waals surface area contributed by atoms with Gasteiger partial charge in [0, 0.05) is 33.8 Å². The summed E-state index contributed by atoms with van der Waals surface area (Å²) in [7, 11) is 0. The second-order valence-electron chi connectivity index (χ2n) is 18.4. The molecule has 0 bridgehead atoms. The van der Waals surface area contributed by atoms with Gasteiger partial charge < -0.3 is 14.7 Å². The molecule has 8 aromatic rings. The van der Waals surface area contributed by atoms with E-state index in [4.69, 9.17) is 11.3 Å². The predicted octanol–water partition coefficient (Wildman–Crippen LogP) is 17.6. The molecule has 1 heterocycles. The van der Waals surface area contributed by atoms with Crippen LogP contribution in [0.15, 0.2) is 194 Å². The number of hydrogen-bond donors (Lipinski definition) is 1. The SMILES string of the molecule is [C-]#[N+]/C(=C/c1ccc(-c2ccc(C3(c4ccccc4)C=Cc4c(ccc5cc(-c6ccc(N(c7ccc(CCCCCC)cc7)c7ccc(CCCCCC)cc7)cc6)ccc45)O3)cc2)cc1)C(=O)O. The van der Waals surface area contributed by atoms with Crippen molar-refractivity contribution in [2.24, 2.45) is 0 Å². The molecule has 1 atom stereocenters. The van der Waals surface area contributed by atoms with Crippen LogP contribution in [0.1, 0.15) is 98.6 Å². The van der Waals surface area contributed by atoms with Gasteiger partial charge >= 0.3 is 5.97 Å². The van der Waals surface area contributed by atoms with E-state index in [0.717, 1.165) is 85.4 Å². The maximum Gasteiger partial charge on any atom is 0.333 e. The molecule has 0 aliphatic carbocycles. The zero-order valence-electron chi connectivity index (χ0n) is 40.3. The minimum Gasteiger partial charge on any atom is -0.486 e. The van der Waals surface area contributed by atoms with Crippen molar-refractivity contribution >= 4 is 46.0 Å². The molecule has 0 fully saturated rings. The standard InChI is InChI=1S/C65H60N2O3/c1-4-6-8-11-15-47-21-35-57(36-22-47)67(58-37-23-48(24-38-58)16-12-9-7-5-2)59-39-29-52(30-40-59)53-31-41-60-54(46-53)32-42-63-61(60)43-44-65(70-63,55-17-13-10-14-18-55)56-33-27-51(28-34-56)50-25-19-49(20-26-50)45-62(66-3)64(68)69/h10,13-14,17-46H,4-9,11-12,15-16H2,1-2H3,(H,68,69)/b62-45+. The summed E-state index contributed by atoms with van der Waals surface area (Å²) < 4.78 is 7.15. The van der Waals surface area contributed by atoms with Crippen LogP contribution in [-0.4, -0.2) is 11.1 Å². The topological polar surface area (TPSA) is 54.1 Å². The summed E-state index contributed by atoms with van der Waals surface area (Å²) in [5, 5.41) is 11.6. The van der Waals surface area contributed by atoms with Gasteiger partial charge in [0.05, 0.1) is 6.57 Å². The normalized spacial score (nSPS) is 14.2. The molecule has 0 amide bonds. The second-order valence-corrected chi connectivity index (χ2v) is 18.4. The predicted molar refractivity (Wildman–Crippen MR) is 291 cm³/mol. The molecule has 1 aliphatic rings. The number of carbonyl (C=O) groups is 1. The highest BCUT2D eigenvalue weighted by Gasteiger charge is 2.37. The smallest absolute Gasteiger partial charge is 0.333 e. The fourth-order valence-corrected chi connectivity index (χ4v) is 9.71. The third-order valence-electron chi connectivity index (χ3n) is 13.7. The average Bonchev–Trinajstić information content (AvgIpc) is 3.41. The fourth-order valence-electron chi connectivity index (χ4n) is 9.71. The molecule has 1 unspecified atom stereocenters. The Hall–Kier alpha value is -7.94. The molecule has 0 saturated heterocycles. The first kappa shape index (κ1) is 47.1. The zero-order valence-corrected chi connectivity index (χ0v) is 40.3. The maximum atomic E-state index is 11.4. The molecule has 0 radical (unpaired) electrons. The Bertz CT molecular complexity index is 3090. The maximum absolute atomic E-state index is 11.4. The van der Waals surface area contributed by atoms with Crippen LogP contribution < -0.4 is 9.64 Å². The van der Waals surface area contributed by atoms with Gasteiger partial charge in [-0.25, -0.2) is 4.85 Å². The Morgan fingerprint density at radius 3 is 1.66 bits per heavy atom. The van der Waals surface area contributed by atoms with Gasteiger partial charge in [0.2, 0.25) is 0 Å². The van der Waals surface area contributed by atoms with E-state index in [1.54, 1.807) is 0 Å². The van der Waals surface area contributed by atoms with Gasteiger partial charge in [0.1, 0.15) is 5.75 Å². The Morgan fingerprint density at radius 2 is 1.10 bits per heavy atom. The van der Waals surface area contributed by atoms with Crippen LogP contribution in [0.3, 0.4) is 0 Å². The number of anilines is 3. The van der Waals surface area contributed by atoms with Crippen molar-refractivity contribution in [2.75, 3.05) is 4.90 Å². The molecule has 348 valence electrons. The molecule has 70 heavy (non-hydrogen) atoms. The lowest BCUT2D eigenvalue weighted by atomic mass is 9.82. The minimum absolute atomic E-state index is 0.317. The number of hydrogen-bond acceptors (Lipinski definition) is 3. The van der Waals surface area contributed by atoms with Gasteiger partial charge in [0.15, 0.2) is 5.60 Å². The first-order valence-electron chi connectivity index (χ1n) is 25.0. The summed E-state index contributed by atoms with van der Waals surface area (Å²) in [4.78, 5) is 16.9. The minimum atomic E-state index is -1.23. The number of aliphatic carboxylic acids is 1. The van der Waals surface area contributed by atoms with E-state index in [0.29, 0.717) is 5.56 Å². The summed E-state index contributed by atoms with van der Waals surface area (Å²) in [6.07, 6.45) is 18.2. The number of carboxylic acid groups (broad SMARTS) is 1. The highest BCUT2D eigenvalue weighted by atomic mass is 16.5. The molecular weight excluding hydrogens is 857 g/mol. The lowest BCUT2D eigenvalue weighted by Gasteiger charge is -2.36. The van der Waals surface area contributed by atoms with E-state index in [1.807, 2.05) is 42.5 Å². The van der Waals surface area contributed by atoms with Crippen molar-refractivity contribution in [1.82, 2.24) is 0 Å². The molecule has 1 N–H and O–H groups in total. The Labute approximate surface area is 413 Å². The highest BCUT2D eigenvalue weighted by Crippen LogP contribution is 2.45. The lowest BCUT2D eigenvalue weighted by molar-refractivity contribution is -0.132. The van der Waals surface area contributed by atoms with Crippen LogP contribution in [0.25, 0.3) is 50.0 Å². The highest BCUT2D eigenvalue weighted by molar-refractivity contribution is 5.97. The van der Waals surface area contributed by atoms with Crippen molar-refractivity contribution < 1.29 is 14.6 Å². The van der Waals surface area contributed by atoms with Crippen LogP contribution >= 0.6 is 0 Å². The van der Waals surface area contributed by atoms with Crippen molar-refractivity contribution in [3.05, 3.63) is 239 Å². The van der Waals surface area contributed by atoms with Gasteiger partial charge in [-0.3, -0.25) is 4.79 Å². The van der Waals surface area contributed by atoms with Crippen molar-refractivity contribution in [1.29, 1.82) is 0 Å². The average molecular weight is 917 g/mol. The second kappa shape index (κ2) is 22.0. The number of unbranched alkanes of at least 4 members (excludes halogenated alkanes) is 6. The zero-order chi connectivity index (χ0) is 48.3. The largest absolute Gasteiger partial charge is 0.486 e. The molecule has 1 aliphatic heterocycles. The lowest BCUT2D eigenvalue weighted by Crippen LogP contribution is -2.34. The molecule has 8 aromatic carbocycles. The van der Waals surface area contributed by atoms with E-state index in [9.17, 15) is 9.90 Å². The molecule has 0 spiro atoms. The summed E-state index contributed by atoms with van der Waals surface area (Å²) in [5.74, 6) is -0.417. The van der Waals surface area contributed by atoms with Gasteiger partial charge in [-0.15, -0.1) is 0 Å². The number of nitrogens with zero attached hydrogens (tertiary/aromatic N) is 2. The molecule has 0 saturated carbocycles. The van der Waals surface area contributed by atoms with Crippen molar-refractivity contribution in [3.63, 3.8) is 0 Å². The van der Waals surface area contributed by atoms with Crippen molar-refractivity contribution in [3.8, 4) is 28.0 Å². The number of rotatable bonds is 19. The molecule has 9 rings (SSSR count). The third-order valence-corrected chi connectivity index (χ3v) is 13.7. The molecule has 0 aromatic heterocycles. The molecule has 5 heteroatoms. The number of aryl methyl sites for hydroxylation is 2. The first-order valence-corrected chi connectivity index (χ1v) is 25.0. The Morgan fingerprint density at radius 1 is 0.586 bits per heavy atom. The van der Waals surface area contributed by atoms with Crippen LogP contribution in [0.2, 0.25) is 0 Å². The number of benzene rings is 8. The van der Waals surface area contributed by atoms with Crippen LogP contribution in [0, 0.1) is 6.57 Å². The van der Waals surface area contributed by atoms with E-state index < -0.39 is 11.6 Å². The monoisotopic (exact) mass is 916 g/mol. The van der Waals surface area contributed by atoms with Gasteiger partial charge in [-0.2, -0.15) is 0 Å². The summed E-state index contributed by atoms with van der Waals surface area (Å²) in [6.45, 7) is 11.7. The number of fused-ring (bicyclic) bond motifs is 3. The Kier molecular flexibility index (Phi) is 14.8. The summed E-state index contributed by atoms with van der Waals surface area (Å²) in [6, 6.07) is 64.6. The van der Waals surface area contributed by atoms with Gasteiger partial charge in [-0.1, -0.05) is 186 Å². The first-order chi connectivity index (χ1) is 34.3. The van der Waals surface area contributed by atoms with Crippen LogP contribution in [0.5, 0.6) is 5.75 Å². The molecule has 5 nitrogen and oxygen atoms in total. The quantitative estimate of drug-likeness (QED) is 0.0499. The van der Waals surface area contributed by atoms with E-state index in [-0.39, 0.29) is 5.70 Å². The molecular formula is C65H60N2O3. The van der Waals surface area contributed by atoms with Crippen LogP contribution in [0.4, 0.5) is 17.1 Å². The van der Waals surface area contributed by atoms with Gasteiger partial charge in [-0.05, 0) is 142 Å². The fraction of sp³-hybridized carbons (Fsp3) is 0.200. The Balaban J connectivity index is 0.970. The van der Waals surface area contributed by atoms with Crippen LogP contribution in [-0.2, 0) is 23.2 Å². The van der Waals surface area contributed by atoms with E-state index >= 15 is 0 Å². The van der Waals surface area contributed by atoms with Gasteiger partial charge in [0.25, 0.3) is 5.70 Å². The van der Waals surface area contributed by atoms with E-state index in [1.165, 1.54) is 68.6 Å². The van der Waals surface area contributed by atoms with Crippen molar-refractivity contribution in [2.45, 2.75) is 83.7 Å². The van der Waals surface area contributed by atoms with E-state index in [2.05, 4.69) is 175 Å².